The van der Waals surface area contributed by atoms with Gasteiger partial charge in [-0.2, -0.15) is 0 Å². The molecule has 2 rings (SSSR count). The lowest BCUT2D eigenvalue weighted by atomic mass is 9.97. The number of rotatable bonds is 5. The van der Waals surface area contributed by atoms with Crippen LogP contribution in [-0.2, 0) is 11.2 Å². The molecule has 1 aliphatic carbocycles. The van der Waals surface area contributed by atoms with Crippen LogP contribution < -0.4 is 0 Å². The van der Waals surface area contributed by atoms with Gasteiger partial charge in [-0.1, -0.05) is 12.5 Å². The van der Waals surface area contributed by atoms with Gasteiger partial charge in [-0.25, -0.2) is 0 Å². The van der Waals surface area contributed by atoms with Crippen LogP contribution in [0.2, 0.25) is 0 Å². The average Bonchev–Trinajstić information content (AvgIpc) is 2.92. The first-order chi connectivity index (χ1) is 9.11. The number of hydrogen-bond donors (Lipinski definition) is 1. The Kier molecular flexibility index (Phi) is 4.83. The van der Waals surface area contributed by atoms with Crippen molar-refractivity contribution in [2.24, 2.45) is 0 Å². The molecule has 0 amide bonds. The summed E-state index contributed by atoms with van der Waals surface area (Å²) in [4.78, 5) is 1.48. The number of allylic oxidation sites excluding steroid dienone is 2. The van der Waals surface area contributed by atoms with Crippen LogP contribution in [0.3, 0.4) is 0 Å². The highest BCUT2D eigenvalue weighted by Gasteiger charge is 2.26. The quantitative estimate of drug-likeness (QED) is 0.492. The van der Waals surface area contributed by atoms with Crippen LogP contribution in [0.5, 0.6) is 0 Å². The lowest BCUT2D eigenvalue weighted by molar-refractivity contribution is -0.0130. The summed E-state index contributed by atoms with van der Waals surface area (Å²) in [6.07, 6.45) is 5.94. The van der Waals surface area contributed by atoms with Gasteiger partial charge in [-0.15, -0.1) is 11.3 Å². The van der Waals surface area contributed by atoms with Gasteiger partial charge in [0.15, 0.2) is 0 Å². The average molecular weight is 278 g/mol. The van der Waals surface area contributed by atoms with Crippen molar-refractivity contribution in [2.45, 2.75) is 52.2 Å². The predicted octanol–water partition coefficient (Wildman–Crippen LogP) is 4.37. The van der Waals surface area contributed by atoms with Crippen molar-refractivity contribution in [3.8, 4) is 0 Å². The first kappa shape index (κ1) is 14.4. The highest BCUT2D eigenvalue weighted by atomic mass is 32.1. The fourth-order valence-corrected chi connectivity index (χ4v) is 3.67. The molecule has 0 bridgehead atoms. The van der Waals surface area contributed by atoms with E-state index in [1.54, 1.807) is 12.3 Å². The molecule has 2 atom stereocenters. The molecule has 0 saturated carbocycles. The maximum Gasteiger partial charge on any atom is 0.216 e. The maximum atomic E-state index is 9.72. The Labute approximate surface area is 119 Å². The van der Waals surface area contributed by atoms with Crippen molar-refractivity contribution in [3.05, 3.63) is 45.4 Å². The van der Waals surface area contributed by atoms with Crippen molar-refractivity contribution >= 4 is 11.3 Å². The fraction of sp³-hybridized carbons (Fsp3) is 0.500. The van der Waals surface area contributed by atoms with Gasteiger partial charge in [-0.05, 0) is 61.8 Å². The van der Waals surface area contributed by atoms with Crippen LogP contribution >= 0.6 is 11.3 Å². The lowest BCUT2D eigenvalue weighted by Gasteiger charge is -2.15. The lowest BCUT2D eigenvalue weighted by Crippen LogP contribution is -2.06. The summed E-state index contributed by atoms with van der Waals surface area (Å²) in [5, 5.41) is 11.9. The van der Waals surface area contributed by atoms with Crippen molar-refractivity contribution in [1.82, 2.24) is 0 Å². The second-order valence-electron chi connectivity index (χ2n) is 5.22. The molecule has 19 heavy (non-hydrogen) atoms. The highest BCUT2D eigenvalue weighted by molar-refractivity contribution is 7.10. The van der Waals surface area contributed by atoms with Gasteiger partial charge < -0.3 is 9.84 Å². The van der Waals surface area contributed by atoms with Crippen LogP contribution in [0.1, 0.15) is 50.0 Å². The van der Waals surface area contributed by atoms with E-state index < -0.39 is 6.29 Å². The van der Waals surface area contributed by atoms with Gasteiger partial charge in [0.2, 0.25) is 6.29 Å². The van der Waals surface area contributed by atoms with Crippen molar-refractivity contribution < 1.29 is 9.84 Å². The van der Waals surface area contributed by atoms with Gasteiger partial charge in [0.1, 0.15) is 0 Å². The zero-order valence-corrected chi connectivity index (χ0v) is 12.7. The topological polar surface area (TPSA) is 29.5 Å². The van der Waals surface area contributed by atoms with Crippen molar-refractivity contribution in [1.29, 1.82) is 0 Å². The minimum absolute atomic E-state index is 0.485. The van der Waals surface area contributed by atoms with E-state index in [-0.39, 0.29) is 0 Å². The Morgan fingerprint density at radius 3 is 3.05 bits per heavy atom. The number of aliphatic hydroxyl groups is 1. The minimum Gasteiger partial charge on any atom is -0.469 e. The third-order valence-corrected chi connectivity index (χ3v) is 4.56. The van der Waals surface area contributed by atoms with Crippen molar-refractivity contribution in [2.75, 3.05) is 0 Å². The Morgan fingerprint density at radius 1 is 1.58 bits per heavy atom. The van der Waals surface area contributed by atoms with Crippen LogP contribution in [0, 0.1) is 0 Å². The molecule has 1 N–H and O–H groups in total. The van der Waals surface area contributed by atoms with E-state index in [1.807, 2.05) is 25.2 Å². The van der Waals surface area contributed by atoms with Gasteiger partial charge in [-0.3, -0.25) is 0 Å². The van der Waals surface area contributed by atoms with Gasteiger partial charge in [0, 0.05) is 10.8 Å². The van der Waals surface area contributed by atoms with Gasteiger partial charge in [0.05, 0.1) is 6.26 Å². The summed E-state index contributed by atoms with van der Waals surface area (Å²) in [5.74, 6) is 0.485. The maximum absolute atomic E-state index is 9.72. The number of aryl methyl sites for hydroxylation is 1. The molecule has 104 valence electrons. The summed E-state index contributed by atoms with van der Waals surface area (Å²) >= 11 is 1.84. The number of fused-ring (bicyclic) bond motifs is 1. The monoisotopic (exact) mass is 278 g/mol. The molecule has 1 aromatic heterocycles. The van der Waals surface area contributed by atoms with Crippen LogP contribution in [-0.4, -0.2) is 11.4 Å². The smallest absolute Gasteiger partial charge is 0.216 e. The van der Waals surface area contributed by atoms with Crippen LogP contribution in [0.4, 0.5) is 0 Å². The number of aliphatic hydroxyl groups excluding tert-OH is 1. The van der Waals surface area contributed by atoms with Crippen molar-refractivity contribution in [3.63, 3.8) is 0 Å². The molecule has 1 aromatic rings. The molecule has 0 fully saturated rings. The number of ether oxygens (including phenoxy) is 1. The summed E-state index contributed by atoms with van der Waals surface area (Å²) in [5.41, 5.74) is 3.82. The normalized spacial score (nSPS) is 20.0. The predicted molar refractivity (Wildman–Crippen MR) is 80.3 cm³/mol. The SMILES string of the molecule is CC/C(=C/OC(O)C=C(C)C)C1CCc2ccsc21. The second-order valence-corrected chi connectivity index (χ2v) is 6.17. The molecule has 3 heteroatoms. The Bertz CT molecular complexity index is 481. The van der Waals surface area contributed by atoms with E-state index in [9.17, 15) is 5.11 Å². The molecule has 0 spiro atoms. The zero-order chi connectivity index (χ0) is 13.8. The summed E-state index contributed by atoms with van der Waals surface area (Å²) < 4.78 is 5.43. The van der Waals surface area contributed by atoms with E-state index in [1.165, 1.54) is 22.4 Å². The van der Waals surface area contributed by atoms with Crippen LogP contribution in [0.25, 0.3) is 0 Å². The standard InChI is InChI=1S/C16H22O2S/c1-4-12(10-18-15(17)9-11(2)3)14-6-5-13-7-8-19-16(13)14/h7-10,14-15,17H,4-6H2,1-3H3/b12-10-. The van der Waals surface area contributed by atoms with E-state index in [4.69, 9.17) is 4.74 Å². The minimum atomic E-state index is -0.837. The van der Waals surface area contributed by atoms with E-state index >= 15 is 0 Å². The highest BCUT2D eigenvalue weighted by Crippen LogP contribution is 2.42. The molecule has 0 saturated heterocycles. The number of thiophene rings is 1. The Morgan fingerprint density at radius 2 is 2.37 bits per heavy atom. The summed E-state index contributed by atoms with van der Waals surface area (Å²) in [6.45, 7) is 6.05. The molecule has 0 aliphatic heterocycles. The molecule has 1 heterocycles. The molecule has 0 radical (unpaired) electrons. The van der Waals surface area contributed by atoms with Gasteiger partial charge >= 0.3 is 0 Å². The molecule has 1 aliphatic rings. The molecule has 2 unspecified atom stereocenters. The first-order valence-corrected chi connectivity index (χ1v) is 7.73. The molecule has 2 nitrogen and oxygen atoms in total. The summed E-state index contributed by atoms with van der Waals surface area (Å²) in [6, 6.07) is 2.23. The molecule has 0 aromatic carbocycles. The van der Waals surface area contributed by atoms with E-state index in [2.05, 4.69) is 18.4 Å². The Balaban J connectivity index is 2.07. The first-order valence-electron chi connectivity index (χ1n) is 6.85. The third-order valence-electron chi connectivity index (χ3n) is 3.49. The molecular weight excluding hydrogens is 256 g/mol. The third kappa shape index (κ3) is 3.48. The van der Waals surface area contributed by atoms with Gasteiger partial charge in [0.25, 0.3) is 0 Å². The largest absolute Gasteiger partial charge is 0.469 e. The Hall–Kier alpha value is -1.06. The summed E-state index contributed by atoms with van der Waals surface area (Å²) in [7, 11) is 0. The van der Waals surface area contributed by atoms with E-state index in [0.29, 0.717) is 5.92 Å². The van der Waals surface area contributed by atoms with Crippen LogP contribution in [0.15, 0.2) is 34.9 Å². The van der Waals surface area contributed by atoms with E-state index in [0.717, 1.165) is 18.4 Å². The second kappa shape index (κ2) is 6.40. The zero-order valence-electron chi connectivity index (χ0n) is 11.8. The molecular formula is C16H22O2S. The fourth-order valence-electron chi connectivity index (χ4n) is 2.54. The number of hydrogen-bond acceptors (Lipinski definition) is 3.